The van der Waals surface area contributed by atoms with Crippen molar-refractivity contribution >= 4 is 24.4 Å². The lowest BCUT2D eigenvalue weighted by atomic mass is 9.88. The smallest absolute Gasteiger partial charge is 0.468 e. The zero-order valence-corrected chi connectivity index (χ0v) is 5.88. The quantitative estimate of drug-likeness (QED) is 0.461. The van der Waals surface area contributed by atoms with Gasteiger partial charge in [-0.25, -0.2) is 0 Å². The summed E-state index contributed by atoms with van der Waals surface area (Å²) in [5.41, 5.74) is 0.121. The van der Waals surface area contributed by atoms with E-state index < -0.39 is 7.12 Å². The average molecular weight is 160 g/mol. The minimum Gasteiger partial charge on any atom is -0.468 e. The summed E-state index contributed by atoms with van der Waals surface area (Å²) in [5.74, 6) is 0.775. The van der Waals surface area contributed by atoms with Crippen LogP contribution >= 0.6 is 11.6 Å². The molecular weight excluding hydrogens is 154 g/mol. The molecule has 1 rings (SSSR count). The van der Waals surface area contributed by atoms with Crippen LogP contribution in [0.15, 0.2) is 16.5 Å². The van der Waals surface area contributed by atoms with E-state index in [-0.39, 0.29) is 11.5 Å². The molecule has 0 fully saturated rings. The van der Waals surface area contributed by atoms with E-state index in [2.05, 4.69) is 0 Å². The Hall–Kier alpha value is -0.445. The molecule has 5 heteroatoms. The van der Waals surface area contributed by atoms with Gasteiger partial charge in [-0.2, -0.15) is 0 Å². The molecule has 0 atom stereocenters. The number of rotatable bonds is 2. The molecular formula is C5H6BClO3. The summed E-state index contributed by atoms with van der Waals surface area (Å²) in [7, 11) is -1.54. The van der Waals surface area contributed by atoms with Gasteiger partial charge in [0.15, 0.2) is 0 Å². The van der Waals surface area contributed by atoms with Crippen LogP contribution in [-0.2, 0) is 5.88 Å². The average Bonchev–Trinajstić information content (AvgIpc) is 2.34. The molecule has 54 valence electrons. The summed E-state index contributed by atoms with van der Waals surface area (Å²) in [6, 6.07) is 3.07. The second kappa shape index (κ2) is 3.10. The number of halogens is 1. The Balaban J connectivity index is 2.78. The van der Waals surface area contributed by atoms with Crippen LogP contribution in [0.3, 0.4) is 0 Å². The monoisotopic (exact) mass is 160 g/mol. The van der Waals surface area contributed by atoms with Gasteiger partial charge in [-0.1, -0.05) is 0 Å². The maximum absolute atomic E-state index is 8.55. The van der Waals surface area contributed by atoms with Gasteiger partial charge in [0.2, 0.25) is 0 Å². The third kappa shape index (κ3) is 1.53. The molecule has 0 radical (unpaired) electrons. The minimum absolute atomic E-state index is 0.121. The fourth-order valence-electron chi connectivity index (χ4n) is 0.605. The second-order valence-corrected chi connectivity index (χ2v) is 2.08. The largest absolute Gasteiger partial charge is 0.526 e. The van der Waals surface area contributed by atoms with Crippen LogP contribution in [-0.4, -0.2) is 17.2 Å². The molecule has 1 aromatic rings. The first-order chi connectivity index (χ1) is 4.74. The van der Waals surface area contributed by atoms with Crippen molar-refractivity contribution in [3.63, 3.8) is 0 Å². The fourth-order valence-corrected chi connectivity index (χ4v) is 0.749. The summed E-state index contributed by atoms with van der Waals surface area (Å²) >= 11 is 5.39. The van der Waals surface area contributed by atoms with E-state index in [1.54, 1.807) is 6.07 Å². The van der Waals surface area contributed by atoms with Crippen LogP contribution in [0.25, 0.3) is 0 Å². The maximum Gasteiger partial charge on any atom is 0.526 e. The Labute approximate surface area is 63.4 Å². The highest BCUT2D eigenvalue weighted by molar-refractivity contribution is 6.57. The number of alkyl halides is 1. The van der Waals surface area contributed by atoms with Crippen LogP contribution < -0.4 is 5.66 Å². The molecule has 3 nitrogen and oxygen atoms in total. The van der Waals surface area contributed by atoms with E-state index in [0.29, 0.717) is 5.76 Å². The molecule has 0 unspecified atom stereocenters. The Bertz CT molecular complexity index is 210. The molecule has 0 spiro atoms. The van der Waals surface area contributed by atoms with Crippen molar-refractivity contribution < 1.29 is 14.5 Å². The van der Waals surface area contributed by atoms with Gasteiger partial charge in [0, 0.05) is 0 Å². The molecule has 0 saturated heterocycles. The van der Waals surface area contributed by atoms with Gasteiger partial charge in [-0.3, -0.25) is 0 Å². The second-order valence-electron chi connectivity index (χ2n) is 1.81. The Morgan fingerprint density at radius 3 is 2.50 bits per heavy atom. The zero-order chi connectivity index (χ0) is 7.56. The van der Waals surface area contributed by atoms with Gasteiger partial charge < -0.3 is 14.5 Å². The highest BCUT2D eigenvalue weighted by atomic mass is 35.5. The summed E-state index contributed by atoms with van der Waals surface area (Å²) in [5, 5.41) is 17.1. The first kappa shape index (κ1) is 7.66. The number of hydrogen-bond acceptors (Lipinski definition) is 3. The molecule has 0 aromatic carbocycles. The molecule has 1 aromatic heterocycles. The van der Waals surface area contributed by atoms with Gasteiger partial charge in [0.25, 0.3) is 0 Å². The van der Waals surface area contributed by atoms with Crippen LogP contribution in [0.5, 0.6) is 0 Å². The van der Waals surface area contributed by atoms with Crippen LogP contribution in [0.1, 0.15) is 5.76 Å². The molecule has 0 aliphatic carbocycles. The maximum atomic E-state index is 8.55. The van der Waals surface area contributed by atoms with Gasteiger partial charge in [0.1, 0.15) is 11.4 Å². The van der Waals surface area contributed by atoms with Gasteiger partial charge in [-0.15, -0.1) is 11.6 Å². The zero-order valence-electron chi connectivity index (χ0n) is 5.12. The topological polar surface area (TPSA) is 53.6 Å². The van der Waals surface area contributed by atoms with Crippen LogP contribution in [0, 0.1) is 0 Å². The minimum atomic E-state index is -1.54. The van der Waals surface area contributed by atoms with Gasteiger partial charge in [-0.05, 0) is 12.1 Å². The van der Waals surface area contributed by atoms with Crippen molar-refractivity contribution in [2.24, 2.45) is 0 Å². The predicted octanol–water partition coefficient (Wildman–Crippen LogP) is -0.302. The summed E-state index contributed by atoms with van der Waals surface area (Å²) < 4.78 is 4.86. The number of hydrogen-bond donors (Lipinski definition) is 2. The third-order valence-electron chi connectivity index (χ3n) is 1.07. The molecule has 0 amide bonds. The Morgan fingerprint density at radius 1 is 1.50 bits per heavy atom. The van der Waals surface area contributed by atoms with Crippen molar-refractivity contribution in [2.75, 3.05) is 0 Å². The Kier molecular flexibility index (Phi) is 2.37. The summed E-state index contributed by atoms with van der Waals surface area (Å²) in [6.45, 7) is 0. The SMILES string of the molecule is OB(O)c1ccc(CCl)o1. The van der Waals surface area contributed by atoms with Gasteiger partial charge >= 0.3 is 7.12 Å². The Morgan fingerprint density at radius 2 is 2.20 bits per heavy atom. The van der Waals surface area contributed by atoms with E-state index in [9.17, 15) is 0 Å². The lowest BCUT2D eigenvalue weighted by Gasteiger charge is -1.90. The summed E-state index contributed by atoms with van der Waals surface area (Å²) in [6.07, 6.45) is 0. The molecule has 10 heavy (non-hydrogen) atoms. The van der Waals surface area contributed by atoms with E-state index in [0.717, 1.165) is 0 Å². The van der Waals surface area contributed by atoms with Crippen molar-refractivity contribution in [2.45, 2.75) is 5.88 Å². The predicted molar refractivity (Wildman–Crippen MR) is 38.1 cm³/mol. The van der Waals surface area contributed by atoms with E-state index in [4.69, 9.17) is 26.1 Å². The van der Waals surface area contributed by atoms with Crippen molar-refractivity contribution in [1.29, 1.82) is 0 Å². The number of furan rings is 1. The van der Waals surface area contributed by atoms with Crippen molar-refractivity contribution in [1.82, 2.24) is 0 Å². The van der Waals surface area contributed by atoms with Crippen LogP contribution in [0.2, 0.25) is 0 Å². The van der Waals surface area contributed by atoms with Crippen LogP contribution in [0.4, 0.5) is 0 Å². The summed E-state index contributed by atoms with van der Waals surface area (Å²) in [4.78, 5) is 0. The first-order valence-corrected chi connectivity index (χ1v) is 3.28. The van der Waals surface area contributed by atoms with Crippen molar-refractivity contribution in [3.8, 4) is 0 Å². The third-order valence-corrected chi connectivity index (χ3v) is 1.33. The van der Waals surface area contributed by atoms with E-state index >= 15 is 0 Å². The lowest BCUT2D eigenvalue weighted by Crippen LogP contribution is -2.27. The highest BCUT2D eigenvalue weighted by Gasteiger charge is 2.15. The van der Waals surface area contributed by atoms with E-state index in [1.165, 1.54) is 6.07 Å². The van der Waals surface area contributed by atoms with E-state index in [1.807, 2.05) is 0 Å². The standard InChI is InChI=1S/C5H6BClO3/c7-3-4-1-2-5(10-4)6(8)9/h1-2,8-9H,3H2. The lowest BCUT2D eigenvalue weighted by molar-refractivity contribution is 0.406. The van der Waals surface area contributed by atoms with Crippen molar-refractivity contribution in [3.05, 3.63) is 17.9 Å². The van der Waals surface area contributed by atoms with Gasteiger partial charge in [0.05, 0.1) is 5.88 Å². The molecule has 0 aliphatic heterocycles. The highest BCUT2D eigenvalue weighted by Crippen LogP contribution is 2.01. The molecule has 0 aliphatic rings. The molecule has 0 bridgehead atoms. The first-order valence-electron chi connectivity index (χ1n) is 2.74. The normalized spacial score (nSPS) is 9.90. The molecule has 2 N–H and O–H groups in total. The molecule has 0 saturated carbocycles. The molecule has 1 heterocycles. The fraction of sp³-hybridized carbons (Fsp3) is 0.200.